The van der Waals surface area contributed by atoms with Crippen molar-refractivity contribution in [1.82, 2.24) is 14.3 Å². The summed E-state index contributed by atoms with van der Waals surface area (Å²) in [4.78, 5) is 24.7. The van der Waals surface area contributed by atoms with E-state index in [4.69, 9.17) is 0 Å². The molecule has 7 nitrogen and oxygen atoms in total. The summed E-state index contributed by atoms with van der Waals surface area (Å²) < 4.78 is 58.4. The number of amides is 1. The van der Waals surface area contributed by atoms with Gasteiger partial charge < -0.3 is 10.1 Å². The van der Waals surface area contributed by atoms with Crippen molar-refractivity contribution in [1.29, 1.82) is 0 Å². The zero-order chi connectivity index (χ0) is 22.0. The van der Waals surface area contributed by atoms with Crippen molar-refractivity contribution in [2.75, 3.05) is 5.32 Å². The molecule has 11 heteroatoms. The summed E-state index contributed by atoms with van der Waals surface area (Å²) in [5.41, 5.74) is -0.353. The Morgan fingerprint density at radius 1 is 1.23 bits per heavy atom. The first-order chi connectivity index (χ1) is 14.2. The predicted molar refractivity (Wildman–Crippen MR) is 101 cm³/mol. The molecule has 0 aliphatic carbocycles. The smallest absolute Gasteiger partial charge is 0.387 e. The number of aromatic nitrogens is 3. The number of alkyl halides is 4. The molecule has 3 rings (SSSR count). The summed E-state index contributed by atoms with van der Waals surface area (Å²) in [6.07, 6.45) is -1.70. The van der Waals surface area contributed by atoms with E-state index in [-0.39, 0.29) is 35.4 Å². The molecule has 1 N–H and O–H groups in total. The van der Waals surface area contributed by atoms with Crippen LogP contribution in [0.3, 0.4) is 0 Å². The first-order valence-electron chi connectivity index (χ1n) is 8.86. The summed E-state index contributed by atoms with van der Waals surface area (Å²) in [5, 5.41) is 6.63. The molecule has 30 heavy (non-hydrogen) atoms. The third-order valence-corrected chi connectivity index (χ3v) is 4.34. The van der Waals surface area contributed by atoms with Crippen LogP contribution in [-0.4, -0.2) is 26.9 Å². The van der Waals surface area contributed by atoms with Gasteiger partial charge >= 0.3 is 6.61 Å². The van der Waals surface area contributed by atoms with Crippen LogP contribution in [0.2, 0.25) is 0 Å². The van der Waals surface area contributed by atoms with Gasteiger partial charge in [0, 0.05) is 43.2 Å². The Hall–Kier alpha value is -3.37. The summed E-state index contributed by atoms with van der Waals surface area (Å²) in [6.45, 7) is -1.49. The zero-order valence-electron chi connectivity index (χ0n) is 16.0. The molecule has 0 radical (unpaired) electrons. The maximum Gasteiger partial charge on any atom is 0.387 e. The number of anilines is 1. The van der Waals surface area contributed by atoms with Crippen LogP contribution in [0.15, 0.2) is 35.3 Å². The van der Waals surface area contributed by atoms with Gasteiger partial charge in [0.15, 0.2) is 5.65 Å². The molecular weight excluding hydrogens is 408 g/mol. The number of carbonyl (C=O) groups is 1. The number of hydrogen-bond donors (Lipinski definition) is 1. The molecule has 0 saturated heterocycles. The standard InChI is InChI=1S/C19H18F4N4O3/c1-10-3-4-14(30-19(22)23)13(7-10)24-15(28)5-6-27-16(29)8-11(17(20)21)12-9-26(2)25-18(12)27/h3-4,7-9,17,19H,5-6H2,1-2H3,(H,24,28). The number of hydrogen-bond acceptors (Lipinski definition) is 4. The molecule has 3 aromatic rings. The fourth-order valence-electron chi connectivity index (χ4n) is 3.04. The Bertz CT molecular complexity index is 1140. The number of nitrogens with zero attached hydrogens (tertiary/aromatic N) is 3. The molecule has 2 heterocycles. The lowest BCUT2D eigenvalue weighted by molar-refractivity contribution is -0.116. The van der Waals surface area contributed by atoms with Crippen LogP contribution in [0.1, 0.15) is 24.0 Å². The van der Waals surface area contributed by atoms with E-state index in [2.05, 4.69) is 15.2 Å². The minimum absolute atomic E-state index is 0.0328. The molecule has 0 spiro atoms. The number of aryl methyl sites for hydroxylation is 3. The molecule has 0 aliphatic heterocycles. The van der Waals surface area contributed by atoms with E-state index in [0.29, 0.717) is 5.56 Å². The predicted octanol–water partition coefficient (Wildman–Crippen LogP) is 3.61. The zero-order valence-corrected chi connectivity index (χ0v) is 16.0. The Morgan fingerprint density at radius 3 is 2.63 bits per heavy atom. The number of pyridine rings is 1. The molecule has 1 aromatic carbocycles. The Balaban J connectivity index is 1.82. The fourth-order valence-corrected chi connectivity index (χ4v) is 3.04. The third-order valence-electron chi connectivity index (χ3n) is 4.34. The molecule has 0 atom stereocenters. The van der Waals surface area contributed by atoms with Gasteiger partial charge in [0.05, 0.1) is 5.69 Å². The van der Waals surface area contributed by atoms with Crippen LogP contribution in [-0.2, 0) is 18.4 Å². The Kier molecular flexibility index (Phi) is 6.09. The number of benzene rings is 1. The average molecular weight is 426 g/mol. The van der Waals surface area contributed by atoms with Crippen molar-refractivity contribution in [2.24, 2.45) is 7.05 Å². The number of halogens is 4. The van der Waals surface area contributed by atoms with E-state index < -0.39 is 30.1 Å². The summed E-state index contributed by atoms with van der Waals surface area (Å²) in [5.74, 6) is -0.775. The second-order valence-corrected chi connectivity index (χ2v) is 6.61. The molecule has 0 bridgehead atoms. The number of nitrogens with one attached hydrogen (secondary N) is 1. The first-order valence-corrected chi connectivity index (χ1v) is 8.86. The molecular formula is C19H18F4N4O3. The number of rotatable bonds is 7. The maximum absolute atomic E-state index is 13.2. The summed E-state index contributed by atoms with van der Waals surface area (Å²) in [6, 6.07) is 5.15. The molecule has 0 fully saturated rings. The molecule has 0 unspecified atom stereocenters. The van der Waals surface area contributed by atoms with Gasteiger partial charge in [-0.1, -0.05) is 6.07 Å². The van der Waals surface area contributed by atoms with Gasteiger partial charge in [-0.25, -0.2) is 8.78 Å². The second kappa shape index (κ2) is 8.56. The van der Waals surface area contributed by atoms with Gasteiger partial charge in [0.2, 0.25) is 5.91 Å². The van der Waals surface area contributed by atoms with Gasteiger partial charge in [-0.05, 0) is 24.6 Å². The minimum Gasteiger partial charge on any atom is -0.433 e. The minimum atomic E-state index is -3.06. The molecule has 2 aromatic heterocycles. The van der Waals surface area contributed by atoms with Crippen molar-refractivity contribution in [3.8, 4) is 5.75 Å². The lowest BCUT2D eigenvalue weighted by Gasteiger charge is -2.13. The van der Waals surface area contributed by atoms with E-state index in [1.54, 1.807) is 13.0 Å². The fraction of sp³-hybridized carbons (Fsp3) is 0.316. The lowest BCUT2D eigenvalue weighted by atomic mass is 10.2. The van der Waals surface area contributed by atoms with E-state index in [1.807, 2.05) is 0 Å². The Labute approximate surface area is 167 Å². The molecule has 0 saturated carbocycles. The van der Waals surface area contributed by atoms with Gasteiger partial charge in [-0.2, -0.15) is 13.9 Å². The van der Waals surface area contributed by atoms with Crippen molar-refractivity contribution in [2.45, 2.75) is 32.9 Å². The Morgan fingerprint density at radius 2 is 1.97 bits per heavy atom. The second-order valence-electron chi connectivity index (χ2n) is 6.61. The molecule has 1 amide bonds. The quantitative estimate of drug-likeness (QED) is 0.586. The topological polar surface area (TPSA) is 78.1 Å². The monoisotopic (exact) mass is 426 g/mol. The SMILES string of the molecule is Cc1ccc(OC(F)F)c(NC(=O)CCn2c(=O)cc(C(F)F)c3cn(C)nc32)c1. The van der Waals surface area contributed by atoms with E-state index in [0.717, 1.165) is 10.6 Å². The van der Waals surface area contributed by atoms with Crippen LogP contribution in [0, 0.1) is 6.92 Å². The summed E-state index contributed by atoms with van der Waals surface area (Å²) in [7, 11) is 1.53. The highest BCUT2D eigenvalue weighted by Crippen LogP contribution is 2.28. The van der Waals surface area contributed by atoms with Crippen molar-refractivity contribution in [3.05, 3.63) is 51.9 Å². The van der Waals surface area contributed by atoms with Crippen LogP contribution in [0.25, 0.3) is 11.0 Å². The largest absolute Gasteiger partial charge is 0.433 e. The van der Waals surface area contributed by atoms with Crippen molar-refractivity contribution < 1.29 is 27.1 Å². The van der Waals surface area contributed by atoms with E-state index in [9.17, 15) is 27.2 Å². The van der Waals surface area contributed by atoms with Crippen molar-refractivity contribution in [3.63, 3.8) is 0 Å². The van der Waals surface area contributed by atoms with Crippen molar-refractivity contribution >= 4 is 22.6 Å². The normalized spacial score (nSPS) is 11.5. The first kappa shape index (κ1) is 21.3. The van der Waals surface area contributed by atoms with Crippen LogP contribution < -0.4 is 15.6 Å². The van der Waals surface area contributed by atoms with E-state index in [1.165, 1.54) is 30.1 Å². The van der Waals surface area contributed by atoms with Crippen LogP contribution >= 0.6 is 0 Å². The summed E-state index contributed by atoms with van der Waals surface area (Å²) >= 11 is 0. The molecule has 0 aliphatic rings. The highest BCUT2D eigenvalue weighted by Gasteiger charge is 2.19. The van der Waals surface area contributed by atoms with Gasteiger partial charge in [0.25, 0.3) is 12.0 Å². The van der Waals surface area contributed by atoms with Gasteiger partial charge in [-0.15, -0.1) is 0 Å². The van der Waals surface area contributed by atoms with E-state index >= 15 is 0 Å². The highest BCUT2D eigenvalue weighted by molar-refractivity contribution is 5.92. The van der Waals surface area contributed by atoms with Crippen LogP contribution in [0.4, 0.5) is 23.2 Å². The van der Waals surface area contributed by atoms with Crippen LogP contribution in [0.5, 0.6) is 5.75 Å². The average Bonchev–Trinajstić information content (AvgIpc) is 3.03. The van der Waals surface area contributed by atoms with Gasteiger partial charge in [-0.3, -0.25) is 18.8 Å². The maximum atomic E-state index is 13.2. The lowest BCUT2D eigenvalue weighted by Crippen LogP contribution is -2.24. The number of fused-ring (bicyclic) bond motifs is 1. The third kappa shape index (κ3) is 4.61. The number of carbonyl (C=O) groups excluding carboxylic acids is 1. The highest BCUT2D eigenvalue weighted by atomic mass is 19.3. The number of ether oxygens (including phenoxy) is 1. The molecule has 160 valence electrons. The van der Waals surface area contributed by atoms with Gasteiger partial charge in [0.1, 0.15) is 5.75 Å².